The molecule has 1 fully saturated rings. The van der Waals surface area contributed by atoms with Crippen LogP contribution in [-0.4, -0.2) is 26.3 Å². The molecular weight excluding hydrogens is 156 g/mol. The summed E-state index contributed by atoms with van der Waals surface area (Å²) >= 11 is 0. The van der Waals surface area contributed by atoms with Gasteiger partial charge in [-0.1, -0.05) is 6.92 Å². The smallest absolute Gasteiger partial charge is 0.163 e. The molecule has 0 heterocycles. The van der Waals surface area contributed by atoms with Gasteiger partial charge in [-0.2, -0.15) is 0 Å². The van der Waals surface area contributed by atoms with Crippen molar-refractivity contribution in [2.45, 2.75) is 32.5 Å². The molecule has 0 N–H and O–H groups in total. The van der Waals surface area contributed by atoms with Gasteiger partial charge in [0, 0.05) is 19.6 Å². The van der Waals surface area contributed by atoms with Gasteiger partial charge in [0.1, 0.15) is 5.78 Å². The normalized spacial score (nSPS) is 19.7. The summed E-state index contributed by atoms with van der Waals surface area (Å²) in [5.74, 6) is 0.260. The minimum Gasteiger partial charge on any atom is -0.355 e. The van der Waals surface area contributed by atoms with E-state index in [1.165, 1.54) is 0 Å². The summed E-state index contributed by atoms with van der Waals surface area (Å²) in [4.78, 5) is 11.5. The Hall–Kier alpha value is -0.410. The Morgan fingerprint density at radius 3 is 2.25 bits per heavy atom. The fraction of sp³-hybridized carbons (Fsp3) is 0.889. The van der Waals surface area contributed by atoms with Crippen LogP contribution in [0.4, 0.5) is 0 Å². The van der Waals surface area contributed by atoms with E-state index in [1.807, 2.05) is 6.92 Å². The lowest BCUT2D eigenvalue weighted by Crippen LogP contribution is -2.22. The number of Topliss-reactive ketones (excluding diaryl/α,β-unsaturated/α-hetero) is 1. The molecule has 1 aliphatic carbocycles. The molecule has 0 atom stereocenters. The summed E-state index contributed by atoms with van der Waals surface area (Å²) in [6.45, 7) is 2.00. The van der Waals surface area contributed by atoms with Crippen molar-refractivity contribution in [3.63, 3.8) is 0 Å². The molecule has 0 aromatic carbocycles. The quantitative estimate of drug-likeness (QED) is 0.587. The first kappa shape index (κ1) is 9.68. The van der Waals surface area contributed by atoms with E-state index in [9.17, 15) is 4.79 Å². The van der Waals surface area contributed by atoms with Crippen molar-refractivity contribution in [1.29, 1.82) is 0 Å². The van der Waals surface area contributed by atoms with Crippen LogP contribution in [0.3, 0.4) is 0 Å². The van der Waals surface area contributed by atoms with E-state index in [1.54, 1.807) is 14.2 Å². The Morgan fingerprint density at radius 2 is 1.92 bits per heavy atom. The number of hydrogen-bond acceptors (Lipinski definition) is 3. The standard InChI is InChI=1S/C9H16O3/c1-9(4-5-9)7(10)6-8(11-2)12-3/h8H,4-6H2,1-3H3. The molecule has 0 aromatic heterocycles. The summed E-state index contributed by atoms with van der Waals surface area (Å²) in [6.07, 6.45) is 2.05. The van der Waals surface area contributed by atoms with Crippen molar-refractivity contribution >= 4 is 5.78 Å². The second-order valence-corrected chi connectivity index (χ2v) is 3.59. The molecular formula is C9H16O3. The predicted octanol–water partition coefficient (Wildman–Crippen LogP) is 1.36. The van der Waals surface area contributed by atoms with Crippen LogP contribution in [0.2, 0.25) is 0 Å². The third-order valence-electron chi connectivity index (χ3n) is 2.55. The summed E-state index contributed by atoms with van der Waals surface area (Å²) in [7, 11) is 3.10. The maximum atomic E-state index is 11.5. The van der Waals surface area contributed by atoms with E-state index >= 15 is 0 Å². The van der Waals surface area contributed by atoms with Crippen LogP contribution < -0.4 is 0 Å². The molecule has 12 heavy (non-hydrogen) atoms. The second kappa shape index (κ2) is 3.54. The molecule has 1 saturated carbocycles. The number of ketones is 1. The van der Waals surface area contributed by atoms with Gasteiger partial charge < -0.3 is 9.47 Å². The SMILES string of the molecule is COC(CC(=O)C1(C)CC1)OC. The van der Waals surface area contributed by atoms with E-state index in [0.29, 0.717) is 6.42 Å². The van der Waals surface area contributed by atoms with Gasteiger partial charge >= 0.3 is 0 Å². The van der Waals surface area contributed by atoms with Crippen LogP contribution in [0.5, 0.6) is 0 Å². The molecule has 0 aromatic rings. The first-order chi connectivity index (χ1) is 5.62. The first-order valence-electron chi connectivity index (χ1n) is 4.21. The van der Waals surface area contributed by atoms with E-state index in [-0.39, 0.29) is 17.5 Å². The summed E-state index contributed by atoms with van der Waals surface area (Å²) in [5, 5.41) is 0. The lowest BCUT2D eigenvalue weighted by atomic mass is 10.0. The highest BCUT2D eigenvalue weighted by atomic mass is 16.7. The van der Waals surface area contributed by atoms with Gasteiger partial charge in [0.05, 0.1) is 6.42 Å². The maximum Gasteiger partial charge on any atom is 0.163 e. The van der Waals surface area contributed by atoms with Gasteiger partial charge in [0.15, 0.2) is 6.29 Å². The number of carbonyl (C=O) groups is 1. The number of methoxy groups -OCH3 is 2. The molecule has 3 nitrogen and oxygen atoms in total. The average molecular weight is 172 g/mol. The van der Waals surface area contributed by atoms with Crippen LogP contribution in [0.15, 0.2) is 0 Å². The van der Waals surface area contributed by atoms with Crippen molar-refractivity contribution < 1.29 is 14.3 Å². The maximum absolute atomic E-state index is 11.5. The highest BCUT2D eigenvalue weighted by molar-refractivity contribution is 5.87. The molecule has 70 valence electrons. The summed E-state index contributed by atoms with van der Waals surface area (Å²) < 4.78 is 9.90. The molecule has 0 bridgehead atoms. The Kier molecular flexibility index (Phi) is 2.85. The van der Waals surface area contributed by atoms with Gasteiger partial charge in [-0.05, 0) is 12.8 Å². The van der Waals surface area contributed by atoms with Gasteiger partial charge in [0.25, 0.3) is 0 Å². The second-order valence-electron chi connectivity index (χ2n) is 3.59. The number of hydrogen-bond donors (Lipinski definition) is 0. The van der Waals surface area contributed by atoms with E-state index in [0.717, 1.165) is 12.8 Å². The molecule has 0 saturated heterocycles. The molecule has 0 aliphatic heterocycles. The van der Waals surface area contributed by atoms with Gasteiger partial charge in [-0.15, -0.1) is 0 Å². The molecule has 1 aliphatic rings. The lowest BCUT2D eigenvalue weighted by Gasteiger charge is -2.14. The van der Waals surface area contributed by atoms with Crippen LogP contribution in [0, 0.1) is 5.41 Å². The number of rotatable bonds is 5. The summed E-state index contributed by atoms with van der Waals surface area (Å²) in [6, 6.07) is 0. The van der Waals surface area contributed by atoms with Crippen molar-refractivity contribution in [3.8, 4) is 0 Å². The van der Waals surface area contributed by atoms with Crippen molar-refractivity contribution in [2.75, 3.05) is 14.2 Å². The lowest BCUT2D eigenvalue weighted by molar-refractivity contribution is -0.141. The van der Waals surface area contributed by atoms with Gasteiger partial charge in [-0.25, -0.2) is 0 Å². The fourth-order valence-corrected chi connectivity index (χ4v) is 1.13. The summed E-state index contributed by atoms with van der Waals surface area (Å²) in [5.41, 5.74) is -0.0602. The van der Waals surface area contributed by atoms with Crippen LogP contribution in [0.25, 0.3) is 0 Å². The first-order valence-corrected chi connectivity index (χ1v) is 4.21. The van der Waals surface area contributed by atoms with Crippen LogP contribution in [0.1, 0.15) is 26.2 Å². The molecule has 3 heteroatoms. The minimum atomic E-state index is -0.366. The molecule has 0 amide bonds. The molecule has 0 spiro atoms. The Bertz CT molecular complexity index is 169. The van der Waals surface area contributed by atoms with Crippen LogP contribution in [-0.2, 0) is 14.3 Å². The predicted molar refractivity (Wildman–Crippen MR) is 44.8 cm³/mol. The van der Waals surface area contributed by atoms with Crippen LogP contribution >= 0.6 is 0 Å². The van der Waals surface area contributed by atoms with Gasteiger partial charge in [0.2, 0.25) is 0 Å². The Morgan fingerprint density at radius 1 is 1.42 bits per heavy atom. The van der Waals surface area contributed by atoms with Crippen molar-refractivity contribution in [1.82, 2.24) is 0 Å². The fourth-order valence-electron chi connectivity index (χ4n) is 1.13. The van der Waals surface area contributed by atoms with E-state index in [4.69, 9.17) is 9.47 Å². The largest absolute Gasteiger partial charge is 0.355 e. The third-order valence-corrected chi connectivity index (χ3v) is 2.55. The topological polar surface area (TPSA) is 35.5 Å². The average Bonchev–Trinajstić information content (AvgIpc) is 2.80. The highest BCUT2D eigenvalue weighted by Crippen LogP contribution is 2.46. The zero-order valence-corrected chi connectivity index (χ0v) is 7.92. The van der Waals surface area contributed by atoms with E-state index < -0.39 is 0 Å². The van der Waals surface area contributed by atoms with Gasteiger partial charge in [-0.3, -0.25) is 4.79 Å². The number of carbonyl (C=O) groups excluding carboxylic acids is 1. The van der Waals surface area contributed by atoms with Crippen molar-refractivity contribution in [3.05, 3.63) is 0 Å². The molecule has 0 unspecified atom stereocenters. The minimum absolute atomic E-state index is 0.0602. The third kappa shape index (κ3) is 2.05. The zero-order chi connectivity index (χ0) is 9.19. The highest BCUT2D eigenvalue weighted by Gasteiger charge is 2.44. The Labute approximate surface area is 73.0 Å². The Balaban J connectivity index is 2.34. The zero-order valence-electron chi connectivity index (χ0n) is 7.92. The monoisotopic (exact) mass is 172 g/mol. The molecule has 0 radical (unpaired) electrons. The van der Waals surface area contributed by atoms with E-state index in [2.05, 4.69) is 0 Å². The molecule has 1 rings (SSSR count). The van der Waals surface area contributed by atoms with Crippen molar-refractivity contribution in [2.24, 2.45) is 5.41 Å². The number of ether oxygens (including phenoxy) is 2.